The van der Waals surface area contributed by atoms with Crippen molar-refractivity contribution in [3.8, 4) is 5.75 Å². The lowest BCUT2D eigenvalue weighted by Gasteiger charge is -2.10. The van der Waals surface area contributed by atoms with Crippen molar-refractivity contribution in [3.05, 3.63) is 65.4 Å². The van der Waals surface area contributed by atoms with Crippen molar-refractivity contribution in [2.45, 2.75) is 13.5 Å². The summed E-state index contributed by atoms with van der Waals surface area (Å²) in [4.78, 5) is 12.5. The van der Waals surface area contributed by atoms with Crippen LogP contribution in [-0.4, -0.2) is 28.0 Å². The molecule has 7 nitrogen and oxygen atoms in total. The van der Waals surface area contributed by atoms with Gasteiger partial charge in [0, 0.05) is 0 Å². The van der Waals surface area contributed by atoms with Gasteiger partial charge in [-0.25, -0.2) is 4.68 Å². The number of carbonyl (C=O) groups is 1. The second-order valence-electron chi connectivity index (χ2n) is 5.62. The molecule has 3 N–H and O–H groups in total. The van der Waals surface area contributed by atoms with Gasteiger partial charge in [0.25, 0.3) is 5.91 Å². The van der Waals surface area contributed by atoms with Crippen molar-refractivity contribution in [1.29, 1.82) is 0 Å². The molecule has 1 amide bonds. The molecule has 2 aromatic carbocycles. The van der Waals surface area contributed by atoms with Gasteiger partial charge in [0.1, 0.15) is 5.75 Å². The molecule has 0 aliphatic carbocycles. The van der Waals surface area contributed by atoms with E-state index in [4.69, 9.17) is 10.5 Å². The lowest BCUT2D eigenvalue weighted by atomic mass is 10.2. The van der Waals surface area contributed by atoms with Crippen LogP contribution >= 0.6 is 0 Å². The number of hydrogen-bond donors (Lipinski definition) is 2. The van der Waals surface area contributed by atoms with Crippen LogP contribution in [0.3, 0.4) is 0 Å². The first kappa shape index (κ1) is 16.5. The number of nitrogens with two attached hydrogens (primary N) is 1. The van der Waals surface area contributed by atoms with Gasteiger partial charge in [0.05, 0.1) is 19.3 Å². The van der Waals surface area contributed by atoms with Gasteiger partial charge in [-0.3, -0.25) is 4.79 Å². The van der Waals surface area contributed by atoms with Crippen LogP contribution in [-0.2, 0) is 6.54 Å². The average Bonchev–Trinajstić information content (AvgIpc) is 2.97. The Hall–Kier alpha value is -3.35. The summed E-state index contributed by atoms with van der Waals surface area (Å²) >= 11 is 0. The van der Waals surface area contributed by atoms with Gasteiger partial charge in [0.2, 0.25) is 0 Å². The number of hydrogen-bond acceptors (Lipinski definition) is 5. The quantitative estimate of drug-likeness (QED) is 0.746. The maximum absolute atomic E-state index is 12.5. The minimum atomic E-state index is -0.430. The van der Waals surface area contributed by atoms with E-state index < -0.39 is 5.91 Å². The van der Waals surface area contributed by atoms with Gasteiger partial charge in [-0.05, 0) is 30.2 Å². The first-order valence-electron chi connectivity index (χ1n) is 7.77. The third-order valence-corrected chi connectivity index (χ3v) is 3.77. The molecule has 0 aliphatic rings. The molecular weight excluding hydrogens is 318 g/mol. The number of ether oxygens (including phenoxy) is 1. The van der Waals surface area contributed by atoms with Crippen molar-refractivity contribution in [1.82, 2.24) is 15.0 Å². The number of aromatic nitrogens is 3. The average molecular weight is 337 g/mol. The van der Waals surface area contributed by atoms with Gasteiger partial charge in [-0.1, -0.05) is 41.6 Å². The van der Waals surface area contributed by atoms with Crippen LogP contribution in [0.25, 0.3) is 0 Å². The number of amides is 1. The minimum absolute atomic E-state index is 0.0829. The minimum Gasteiger partial charge on any atom is -0.495 e. The molecule has 3 rings (SSSR count). The summed E-state index contributed by atoms with van der Waals surface area (Å²) in [6.07, 6.45) is 0. The molecule has 0 atom stereocenters. The summed E-state index contributed by atoms with van der Waals surface area (Å²) in [5.41, 5.74) is 8.71. The van der Waals surface area contributed by atoms with Crippen LogP contribution in [0.5, 0.6) is 5.75 Å². The Balaban J connectivity index is 1.81. The summed E-state index contributed by atoms with van der Waals surface area (Å²) in [5.74, 6) is 0.350. The topological polar surface area (TPSA) is 95.1 Å². The third kappa shape index (κ3) is 3.60. The molecule has 0 saturated carbocycles. The lowest BCUT2D eigenvalue weighted by Crippen LogP contribution is -2.16. The van der Waals surface area contributed by atoms with Crippen LogP contribution in [0, 0.1) is 6.92 Å². The first-order chi connectivity index (χ1) is 12.1. The molecule has 0 unspecified atom stereocenters. The van der Waals surface area contributed by atoms with Gasteiger partial charge in [0.15, 0.2) is 11.5 Å². The van der Waals surface area contributed by atoms with E-state index >= 15 is 0 Å². The smallest absolute Gasteiger partial charge is 0.280 e. The molecule has 1 aromatic heterocycles. The zero-order valence-electron chi connectivity index (χ0n) is 14.1. The van der Waals surface area contributed by atoms with Crippen LogP contribution in [0.2, 0.25) is 0 Å². The summed E-state index contributed by atoms with van der Waals surface area (Å²) in [7, 11) is 1.55. The molecule has 1 heterocycles. The number of carbonyl (C=O) groups excluding carboxylic acids is 1. The number of methoxy groups -OCH3 is 1. The monoisotopic (exact) mass is 337 g/mol. The Morgan fingerprint density at radius 3 is 2.72 bits per heavy atom. The predicted octanol–water partition coefficient (Wildman–Crippen LogP) is 2.48. The number of aryl methyl sites for hydroxylation is 1. The Morgan fingerprint density at radius 1 is 1.24 bits per heavy atom. The standard InChI is InChI=1S/C18H19N5O2/c1-12-8-9-15(25-2)14(10-12)20-18(24)16-17(19)23(22-21-16)11-13-6-4-3-5-7-13/h3-10H,11,19H2,1-2H3,(H,20,24). The van der Waals surface area contributed by atoms with E-state index in [0.717, 1.165) is 11.1 Å². The molecule has 7 heteroatoms. The fourth-order valence-corrected chi connectivity index (χ4v) is 2.46. The summed E-state index contributed by atoms with van der Waals surface area (Å²) in [6.45, 7) is 2.38. The number of nitrogen functional groups attached to an aromatic ring is 1. The molecule has 0 bridgehead atoms. The molecule has 25 heavy (non-hydrogen) atoms. The fourth-order valence-electron chi connectivity index (χ4n) is 2.46. The lowest BCUT2D eigenvalue weighted by molar-refractivity contribution is 0.102. The predicted molar refractivity (Wildman–Crippen MR) is 95.7 cm³/mol. The van der Waals surface area contributed by atoms with E-state index in [9.17, 15) is 4.79 Å². The van der Waals surface area contributed by atoms with E-state index in [1.807, 2.05) is 49.4 Å². The zero-order valence-corrected chi connectivity index (χ0v) is 14.1. The number of nitrogens with one attached hydrogen (secondary N) is 1. The number of nitrogens with zero attached hydrogens (tertiary/aromatic N) is 3. The highest BCUT2D eigenvalue weighted by Crippen LogP contribution is 2.26. The zero-order chi connectivity index (χ0) is 17.8. The molecule has 0 aliphatic heterocycles. The van der Waals surface area contributed by atoms with E-state index in [2.05, 4.69) is 15.6 Å². The van der Waals surface area contributed by atoms with Gasteiger partial charge in [-0.2, -0.15) is 0 Å². The van der Waals surface area contributed by atoms with Gasteiger partial charge < -0.3 is 15.8 Å². The molecule has 3 aromatic rings. The summed E-state index contributed by atoms with van der Waals surface area (Å²) < 4.78 is 6.76. The Morgan fingerprint density at radius 2 is 2.00 bits per heavy atom. The molecule has 0 saturated heterocycles. The first-order valence-corrected chi connectivity index (χ1v) is 7.77. The largest absolute Gasteiger partial charge is 0.495 e. The normalized spacial score (nSPS) is 10.5. The van der Waals surface area contributed by atoms with Crippen molar-refractivity contribution in [3.63, 3.8) is 0 Å². The number of benzene rings is 2. The number of rotatable bonds is 5. The molecular formula is C18H19N5O2. The summed E-state index contributed by atoms with van der Waals surface area (Å²) in [6, 6.07) is 15.2. The van der Waals surface area contributed by atoms with Crippen LogP contribution in [0.15, 0.2) is 48.5 Å². The maximum atomic E-state index is 12.5. The van der Waals surface area contributed by atoms with Gasteiger partial charge in [-0.15, -0.1) is 5.10 Å². The van der Waals surface area contributed by atoms with Crippen molar-refractivity contribution < 1.29 is 9.53 Å². The fraction of sp³-hybridized carbons (Fsp3) is 0.167. The van der Waals surface area contributed by atoms with Crippen LogP contribution in [0.4, 0.5) is 11.5 Å². The van der Waals surface area contributed by atoms with Crippen LogP contribution < -0.4 is 15.8 Å². The van der Waals surface area contributed by atoms with Crippen LogP contribution in [0.1, 0.15) is 21.6 Å². The summed E-state index contributed by atoms with van der Waals surface area (Å²) in [5, 5.41) is 10.7. The molecule has 0 spiro atoms. The van der Waals surface area contributed by atoms with E-state index in [1.54, 1.807) is 13.2 Å². The highest BCUT2D eigenvalue weighted by atomic mass is 16.5. The van der Waals surface area contributed by atoms with Crippen molar-refractivity contribution in [2.75, 3.05) is 18.2 Å². The maximum Gasteiger partial charge on any atom is 0.280 e. The highest BCUT2D eigenvalue weighted by molar-refractivity contribution is 6.06. The highest BCUT2D eigenvalue weighted by Gasteiger charge is 2.19. The van der Waals surface area contributed by atoms with E-state index in [1.165, 1.54) is 4.68 Å². The molecule has 0 fully saturated rings. The Kier molecular flexibility index (Phi) is 4.65. The van der Waals surface area contributed by atoms with Crippen molar-refractivity contribution >= 4 is 17.4 Å². The van der Waals surface area contributed by atoms with Crippen molar-refractivity contribution in [2.24, 2.45) is 0 Å². The second kappa shape index (κ2) is 7.04. The molecule has 0 radical (unpaired) electrons. The Bertz CT molecular complexity index is 890. The second-order valence-corrected chi connectivity index (χ2v) is 5.62. The number of anilines is 2. The molecule has 128 valence electrons. The van der Waals surface area contributed by atoms with E-state index in [0.29, 0.717) is 18.0 Å². The Labute approximate surface area is 145 Å². The van der Waals surface area contributed by atoms with Gasteiger partial charge >= 0.3 is 0 Å². The third-order valence-electron chi connectivity index (χ3n) is 3.77. The van der Waals surface area contributed by atoms with E-state index in [-0.39, 0.29) is 11.5 Å². The SMILES string of the molecule is COc1ccc(C)cc1NC(=O)c1nnn(Cc2ccccc2)c1N.